The number of allylic oxidation sites excluding steroid dienone is 1. The molecule has 0 bridgehead atoms. The largest absolute Gasteiger partial charge is 0.480 e. The number of hydrogen-bond acceptors (Lipinski definition) is 6. The third-order valence-electron chi connectivity index (χ3n) is 4.85. The number of aliphatic imine (C=N–C) groups is 1. The monoisotopic (exact) mass is 373 g/mol. The number of thiazole rings is 1. The van der Waals surface area contributed by atoms with Gasteiger partial charge in [-0.1, -0.05) is 6.08 Å². The highest BCUT2D eigenvalue weighted by molar-refractivity contribution is 8.15. The Morgan fingerprint density at radius 3 is 2.84 bits per heavy atom. The van der Waals surface area contributed by atoms with Crippen LogP contribution in [0.4, 0.5) is 5.69 Å². The van der Waals surface area contributed by atoms with Crippen LogP contribution in [-0.4, -0.2) is 45.5 Å². The number of rotatable bonds is 2. The molecule has 2 aromatic rings. The van der Waals surface area contributed by atoms with E-state index in [0.29, 0.717) is 5.75 Å². The molecule has 1 N–H and O–H groups in total. The molecule has 1 aromatic carbocycles. The van der Waals surface area contributed by atoms with Crippen molar-refractivity contribution in [2.45, 2.75) is 32.4 Å². The maximum absolute atomic E-state index is 11.1. The van der Waals surface area contributed by atoms with Gasteiger partial charge >= 0.3 is 5.97 Å². The van der Waals surface area contributed by atoms with Gasteiger partial charge in [0.15, 0.2) is 6.04 Å². The fraction of sp³-hybridized carbons (Fsp3) is 0.389. The van der Waals surface area contributed by atoms with Crippen LogP contribution in [0.2, 0.25) is 0 Å². The van der Waals surface area contributed by atoms with E-state index < -0.39 is 12.0 Å². The van der Waals surface area contributed by atoms with E-state index in [4.69, 9.17) is 10.1 Å². The van der Waals surface area contributed by atoms with E-state index in [1.807, 2.05) is 0 Å². The summed E-state index contributed by atoms with van der Waals surface area (Å²) < 4.78 is 1.10. The number of hydrogen-bond donors (Lipinski definition) is 1. The first kappa shape index (κ1) is 16.6. The van der Waals surface area contributed by atoms with Gasteiger partial charge in [0, 0.05) is 24.1 Å². The summed E-state index contributed by atoms with van der Waals surface area (Å²) in [5.74, 6) is -0.390. The molecule has 2 aliphatic rings. The Kier molecular flexibility index (Phi) is 3.70. The molecule has 3 heterocycles. The average molecular weight is 374 g/mol. The molecule has 1 unspecified atom stereocenters. The smallest absolute Gasteiger partial charge is 0.329 e. The van der Waals surface area contributed by atoms with Crippen molar-refractivity contribution in [3.05, 3.63) is 28.8 Å². The van der Waals surface area contributed by atoms with Crippen LogP contribution in [0.25, 0.3) is 15.8 Å². The maximum atomic E-state index is 11.1. The molecule has 4 rings (SSSR count). The minimum absolute atomic E-state index is 0.0294. The van der Waals surface area contributed by atoms with Crippen LogP contribution in [0.15, 0.2) is 23.2 Å². The van der Waals surface area contributed by atoms with Crippen LogP contribution in [0.1, 0.15) is 31.3 Å². The van der Waals surface area contributed by atoms with Crippen LogP contribution in [0.3, 0.4) is 0 Å². The van der Waals surface area contributed by atoms with Crippen LogP contribution in [0.5, 0.6) is 0 Å². The lowest BCUT2D eigenvalue weighted by Gasteiger charge is -2.40. The summed E-state index contributed by atoms with van der Waals surface area (Å²) in [6, 6.07) is 3.67. The number of anilines is 1. The van der Waals surface area contributed by atoms with E-state index in [9.17, 15) is 4.79 Å². The molecule has 0 saturated heterocycles. The molecule has 0 aliphatic carbocycles. The Bertz CT molecular complexity index is 959. The third-order valence-corrected chi connectivity index (χ3v) is 7.05. The number of aliphatic carboxylic acids is 1. The van der Waals surface area contributed by atoms with Crippen molar-refractivity contribution in [1.29, 1.82) is 0 Å². The summed E-state index contributed by atoms with van der Waals surface area (Å²) >= 11 is 3.06. The fourth-order valence-corrected chi connectivity index (χ4v) is 5.36. The van der Waals surface area contributed by atoms with E-state index in [2.05, 4.69) is 55.9 Å². The van der Waals surface area contributed by atoms with Gasteiger partial charge in [0.25, 0.3) is 0 Å². The first-order valence-corrected chi connectivity index (χ1v) is 9.88. The van der Waals surface area contributed by atoms with Crippen LogP contribution in [-0.2, 0) is 4.79 Å². The fourth-order valence-electron chi connectivity index (χ4n) is 3.28. The van der Waals surface area contributed by atoms with Gasteiger partial charge in [0.05, 0.1) is 15.8 Å². The van der Waals surface area contributed by atoms with Crippen molar-refractivity contribution in [2.75, 3.05) is 17.7 Å². The van der Waals surface area contributed by atoms with Gasteiger partial charge in [-0.05, 0) is 38.5 Å². The number of fused-ring (bicyclic) bond motifs is 2. The highest BCUT2D eigenvalue weighted by Gasteiger charge is 2.30. The summed E-state index contributed by atoms with van der Waals surface area (Å²) in [6.07, 6.45) is 2.28. The molecule has 5 nitrogen and oxygen atoms in total. The van der Waals surface area contributed by atoms with Gasteiger partial charge in [0.1, 0.15) is 10.1 Å². The van der Waals surface area contributed by atoms with E-state index in [0.717, 1.165) is 20.3 Å². The summed E-state index contributed by atoms with van der Waals surface area (Å²) in [6.45, 7) is 6.55. The molecule has 130 valence electrons. The maximum Gasteiger partial charge on any atom is 0.329 e. The second-order valence-corrected chi connectivity index (χ2v) is 9.03. The average Bonchev–Trinajstić information content (AvgIpc) is 3.17. The normalized spacial score (nSPS) is 21.9. The summed E-state index contributed by atoms with van der Waals surface area (Å²) in [7, 11) is 2.11. The molecule has 0 fully saturated rings. The van der Waals surface area contributed by atoms with Crippen molar-refractivity contribution in [1.82, 2.24) is 4.98 Å². The predicted octanol–water partition coefficient (Wildman–Crippen LogP) is 3.87. The van der Waals surface area contributed by atoms with Gasteiger partial charge in [0.2, 0.25) is 0 Å². The standard InChI is InChI=1S/C18H19N3O2S2/c1-9-7-18(2,3)21(4)13-6-14-11(5-10(9)13)19-16(25-14)15-20-12(8-24-15)17(22)23/h5-7,12H,8H2,1-4H3,(H,22,23). The zero-order chi connectivity index (χ0) is 17.9. The Balaban J connectivity index is 1.81. The number of nitrogens with zero attached hydrogens (tertiary/aromatic N) is 3. The summed E-state index contributed by atoms with van der Waals surface area (Å²) in [5.41, 5.74) is 4.58. The first-order chi connectivity index (χ1) is 11.8. The molecule has 0 amide bonds. The SMILES string of the molecule is CC1=CC(C)(C)N(C)c2cc3sc(C4=NC(C(=O)O)CS4)nc3cc21. The Morgan fingerprint density at radius 2 is 2.16 bits per heavy atom. The minimum Gasteiger partial charge on any atom is -0.480 e. The first-order valence-electron chi connectivity index (χ1n) is 8.08. The van der Waals surface area contributed by atoms with E-state index in [-0.39, 0.29) is 5.54 Å². The highest BCUT2D eigenvalue weighted by atomic mass is 32.2. The number of benzene rings is 1. The second kappa shape index (κ2) is 5.57. The number of likely N-dealkylation sites (N-methyl/N-ethyl adjacent to an activating group) is 1. The molecule has 1 aromatic heterocycles. The van der Waals surface area contributed by atoms with Crippen LogP contribution in [0, 0.1) is 0 Å². The molecule has 0 radical (unpaired) electrons. The molecule has 0 saturated carbocycles. The van der Waals surface area contributed by atoms with Gasteiger partial charge in [-0.15, -0.1) is 23.1 Å². The molecule has 1 atom stereocenters. The van der Waals surface area contributed by atoms with E-state index in [1.165, 1.54) is 28.6 Å². The second-order valence-electron chi connectivity index (χ2n) is 7.00. The van der Waals surface area contributed by atoms with Crippen LogP contribution < -0.4 is 4.90 Å². The molecule has 2 aliphatic heterocycles. The molecule has 0 spiro atoms. The lowest BCUT2D eigenvalue weighted by atomic mass is 9.89. The molecular formula is C18H19N3O2S2. The Labute approximate surface area is 154 Å². The van der Waals surface area contributed by atoms with Crippen molar-refractivity contribution >= 4 is 55.6 Å². The lowest BCUT2D eigenvalue weighted by molar-refractivity contribution is -0.137. The lowest BCUT2D eigenvalue weighted by Crippen LogP contribution is -2.41. The van der Waals surface area contributed by atoms with Crippen molar-refractivity contribution in [3.8, 4) is 0 Å². The summed E-state index contributed by atoms with van der Waals surface area (Å²) in [5, 5.41) is 10.7. The summed E-state index contributed by atoms with van der Waals surface area (Å²) in [4.78, 5) is 22.4. The minimum atomic E-state index is -0.872. The third kappa shape index (κ3) is 2.66. The Morgan fingerprint density at radius 1 is 1.40 bits per heavy atom. The van der Waals surface area contributed by atoms with Gasteiger partial charge in [-0.2, -0.15) is 0 Å². The van der Waals surface area contributed by atoms with Gasteiger partial charge in [-0.3, -0.25) is 4.99 Å². The van der Waals surface area contributed by atoms with Crippen molar-refractivity contribution in [2.24, 2.45) is 4.99 Å². The number of thioether (sulfide) groups is 1. The topological polar surface area (TPSA) is 65.8 Å². The van der Waals surface area contributed by atoms with Crippen LogP contribution >= 0.6 is 23.1 Å². The van der Waals surface area contributed by atoms with E-state index in [1.54, 1.807) is 11.3 Å². The quantitative estimate of drug-likeness (QED) is 0.865. The highest BCUT2D eigenvalue weighted by Crippen LogP contribution is 2.41. The molecule has 7 heteroatoms. The van der Waals surface area contributed by atoms with Crippen molar-refractivity contribution < 1.29 is 9.90 Å². The predicted molar refractivity (Wildman–Crippen MR) is 106 cm³/mol. The van der Waals surface area contributed by atoms with Gasteiger partial charge in [-0.25, -0.2) is 9.78 Å². The number of carboxylic acid groups (broad SMARTS) is 1. The van der Waals surface area contributed by atoms with Gasteiger partial charge < -0.3 is 10.0 Å². The number of carboxylic acids is 1. The van der Waals surface area contributed by atoms with E-state index >= 15 is 0 Å². The number of carbonyl (C=O) groups is 1. The molecular weight excluding hydrogens is 354 g/mol. The Hall–Kier alpha value is -1.86. The van der Waals surface area contributed by atoms with Crippen molar-refractivity contribution in [3.63, 3.8) is 0 Å². The number of aromatic nitrogens is 1. The zero-order valence-electron chi connectivity index (χ0n) is 14.5. The zero-order valence-corrected chi connectivity index (χ0v) is 16.2. The molecule has 25 heavy (non-hydrogen) atoms.